The highest BCUT2D eigenvalue weighted by Gasteiger charge is 2.09. The van der Waals surface area contributed by atoms with Crippen LogP contribution in [0.2, 0.25) is 5.02 Å². The van der Waals surface area contributed by atoms with Crippen LogP contribution in [0.15, 0.2) is 53.6 Å². The lowest BCUT2D eigenvalue weighted by Gasteiger charge is -2.12. The molecule has 2 aromatic rings. The topological polar surface area (TPSA) is 53.5 Å². The minimum atomic E-state index is -0.205. The van der Waals surface area contributed by atoms with Crippen LogP contribution >= 0.6 is 11.6 Å². The molecule has 2 N–H and O–H groups in total. The molecule has 0 fully saturated rings. The fourth-order valence-corrected chi connectivity index (χ4v) is 2.45. The van der Waals surface area contributed by atoms with Crippen LogP contribution < -0.4 is 10.7 Å². The van der Waals surface area contributed by atoms with Crippen LogP contribution in [-0.4, -0.2) is 18.2 Å². The van der Waals surface area contributed by atoms with E-state index in [-0.39, 0.29) is 18.4 Å². The molecule has 4 nitrogen and oxygen atoms in total. The third-order valence-electron chi connectivity index (χ3n) is 3.62. The van der Waals surface area contributed by atoms with Crippen LogP contribution in [0.4, 0.5) is 5.69 Å². The van der Waals surface area contributed by atoms with E-state index in [2.05, 4.69) is 15.8 Å². The van der Waals surface area contributed by atoms with Crippen molar-refractivity contribution in [3.8, 4) is 0 Å². The van der Waals surface area contributed by atoms with Gasteiger partial charge in [0.05, 0.1) is 12.3 Å². The van der Waals surface area contributed by atoms with Gasteiger partial charge in [-0.25, -0.2) is 5.43 Å². The molecule has 0 bridgehead atoms. The third-order valence-corrected chi connectivity index (χ3v) is 4.03. The van der Waals surface area contributed by atoms with E-state index < -0.39 is 0 Å². The number of hydrazone groups is 1. The van der Waals surface area contributed by atoms with Gasteiger partial charge in [0.2, 0.25) is 0 Å². The Kier molecular flexibility index (Phi) is 6.38. The van der Waals surface area contributed by atoms with E-state index in [0.29, 0.717) is 5.02 Å². The van der Waals surface area contributed by atoms with Crippen molar-refractivity contribution in [3.63, 3.8) is 0 Å². The monoisotopic (exact) mass is 343 g/mol. The number of carbonyl (C=O) groups is 1. The third kappa shape index (κ3) is 4.83. The standard InChI is InChI=1S/C19H22ClN3O/c1-13(2)19(15-8-5-4-6-9-15)23-22-18(24)12-21-17-11-7-10-16(20)14(17)3/h4-11,13,21H,12H2,1-3H3,(H,22,24)/b23-19+. The summed E-state index contributed by atoms with van der Waals surface area (Å²) in [4.78, 5) is 12.1. The molecule has 0 spiro atoms. The molecule has 0 unspecified atom stereocenters. The minimum absolute atomic E-state index is 0.130. The highest BCUT2D eigenvalue weighted by Crippen LogP contribution is 2.22. The van der Waals surface area contributed by atoms with E-state index in [1.807, 2.05) is 69.3 Å². The number of hydrogen-bond acceptors (Lipinski definition) is 3. The first-order valence-corrected chi connectivity index (χ1v) is 8.27. The summed E-state index contributed by atoms with van der Waals surface area (Å²) in [7, 11) is 0. The van der Waals surface area contributed by atoms with Crippen molar-refractivity contribution >= 4 is 28.9 Å². The zero-order valence-corrected chi connectivity index (χ0v) is 14.9. The molecule has 0 aliphatic carbocycles. The Labute approximate surface area is 147 Å². The maximum absolute atomic E-state index is 12.1. The summed E-state index contributed by atoms with van der Waals surface area (Å²) >= 11 is 6.07. The number of hydrogen-bond donors (Lipinski definition) is 2. The van der Waals surface area contributed by atoms with Gasteiger partial charge in [0.1, 0.15) is 0 Å². The molecule has 0 saturated carbocycles. The van der Waals surface area contributed by atoms with Gasteiger partial charge < -0.3 is 5.32 Å². The summed E-state index contributed by atoms with van der Waals surface area (Å²) in [6.45, 7) is 6.13. The van der Waals surface area contributed by atoms with Crippen LogP contribution in [0.5, 0.6) is 0 Å². The average molecular weight is 344 g/mol. The molecule has 0 aliphatic rings. The van der Waals surface area contributed by atoms with Gasteiger partial charge in [0.25, 0.3) is 5.91 Å². The second-order valence-electron chi connectivity index (χ2n) is 5.82. The number of amides is 1. The Hall–Kier alpha value is -2.33. The fraction of sp³-hybridized carbons (Fsp3) is 0.263. The van der Waals surface area contributed by atoms with Crippen molar-refractivity contribution in [1.82, 2.24) is 5.43 Å². The van der Waals surface area contributed by atoms with Crippen molar-refractivity contribution < 1.29 is 4.79 Å². The highest BCUT2D eigenvalue weighted by atomic mass is 35.5. The van der Waals surface area contributed by atoms with E-state index in [4.69, 9.17) is 11.6 Å². The number of anilines is 1. The molecule has 5 heteroatoms. The van der Waals surface area contributed by atoms with Gasteiger partial charge in [-0.3, -0.25) is 4.79 Å². The van der Waals surface area contributed by atoms with E-state index >= 15 is 0 Å². The van der Waals surface area contributed by atoms with E-state index in [1.165, 1.54) is 0 Å². The molecule has 126 valence electrons. The molecular formula is C19H22ClN3O. The molecule has 0 saturated heterocycles. The van der Waals surface area contributed by atoms with E-state index in [0.717, 1.165) is 22.5 Å². The maximum Gasteiger partial charge on any atom is 0.259 e. The predicted molar refractivity (Wildman–Crippen MR) is 101 cm³/mol. The smallest absolute Gasteiger partial charge is 0.259 e. The molecule has 2 rings (SSSR count). The molecule has 2 aromatic carbocycles. The first kappa shape index (κ1) is 18.0. The second kappa shape index (κ2) is 8.50. The lowest BCUT2D eigenvalue weighted by atomic mass is 10.0. The number of halogens is 1. The normalized spacial score (nSPS) is 11.5. The summed E-state index contributed by atoms with van der Waals surface area (Å²) in [5, 5.41) is 8.05. The van der Waals surface area contributed by atoms with Crippen LogP contribution in [0, 0.1) is 12.8 Å². The summed E-state index contributed by atoms with van der Waals surface area (Å²) in [5.74, 6) is -0.000657. The minimum Gasteiger partial charge on any atom is -0.376 e. The zero-order chi connectivity index (χ0) is 17.5. The van der Waals surface area contributed by atoms with Gasteiger partial charge in [0, 0.05) is 10.7 Å². The Morgan fingerprint density at radius 3 is 2.50 bits per heavy atom. The Morgan fingerprint density at radius 2 is 1.83 bits per heavy atom. The van der Waals surface area contributed by atoms with Crippen molar-refractivity contribution in [2.45, 2.75) is 20.8 Å². The maximum atomic E-state index is 12.1. The van der Waals surface area contributed by atoms with E-state index in [1.54, 1.807) is 0 Å². The molecule has 0 atom stereocenters. The van der Waals surface area contributed by atoms with Crippen molar-refractivity contribution in [2.24, 2.45) is 11.0 Å². The summed E-state index contributed by atoms with van der Waals surface area (Å²) in [6, 6.07) is 15.4. The largest absolute Gasteiger partial charge is 0.376 e. The Balaban J connectivity index is 1.99. The van der Waals surface area contributed by atoms with Gasteiger partial charge in [-0.05, 0) is 36.1 Å². The lowest BCUT2D eigenvalue weighted by Crippen LogP contribution is -2.28. The van der Waals surface area contributed by atoms with Crippen LogP contribution in [0.3, 0.4) is 0 Å². The molecule has 0 aromatic heterocycles. The second-order valence-corrected chi connectivity index (χ2v) is 6.23. The van der Waals surface area contributed by atoms with Gasteiger partial charge in [-0.15, -0.1) is 0 Å². The molecule has 0 radical (unpaired) electrons. The van der Waals surface area contributed by atoms with E-state index in [9.17, 15) is 4.79 Å². The van der Waals surface area contributed by atoms with Gasteiger partial charge in [-0.2, -0.15) is 5.10 Å². The number of carbonyl (C=O) groups excluding carboxylic acids is 1. The summed E-state index contributed by atoms with van der Waals surface area (Å²) in [6.07, 6.45) is 0. The summed E-state index contributed by atoms with van der Waals surface area (Å²) in [5.41, 5.74) is 6.24. The highest BCUT2D eigenvalue weighted by molar-refractivity contribution is 6.31. The Morgan fingerprint density at radius 1 is 1.12 bits per heavy atom. The Bertz CT molecular complexity index is 727. The SMILES string of the molecule is Cc1c(Cl)cccc1NCC(=O)N/N=C(/c1ccccc1)C(C)C. The predicted octanol–water partition coefficient (Wildman–Crippen LogP) is 4.24. The molecule has 0 heterocycles. The van der Waals surface area contributed by atoms with Crippen LogP contribution in [0.25, 0.3) is 0 Å². The van der Waals surface area contributed by atoms with Gasteiger partial charge >= 0.3 is 0 Å². The molecule has 24 heavy (non-hydrogen) atoms. The van der Waals surface area contributed by atoms with Gasteiger partial charge in [-0.1, -0.05) is 61.8 Å². The number of benzene rings is 2. The van der Waals surface area contributed by atoms with Crippen LogP contribution in [-0.2, 0) is 4.79 Å². The molecule has 1 amide bonds. The average Bonchev–Trinajstić information content (AvgIpc) is 2.57. The van der Waals surface area contributed by atoms with Crippen molar-refractivity contribution in [3.05, 3.63) is 64.7 Å². The summed E-state index contributed by atoms with van der Waals surface area (Å²) < 4.78 is 0. The van der Waals surface area contributed by atoms with Crippen molar-refractivity contribution in [2.75, 3.05) is 11.9 Å². The van der Waals surface area contributed by atoms with Crippen molar-refractivity contribution in [1.29, 1.82) is 0 Å². The number of rotatable bonds is 6. The molecule has 0 aliphatic heterocycles. The fourth-order valence-electron chi connectivity index (χ4n) is 2.27. The van der Waals surface area contributed by atoms with Crippen LogP contribution in [0.1, 0.15) is 25.0 Å². The van der Waals surface area contributed by atoms with Gasteiger partial charge in [0.15, 0.2) is 0 Å². The zero-order valence-electron chi connectivity index (χ0n) is 14.1. The first-order chi connectivity index (χ1) is 11.5. The first-order valence-electron chi connectivity index (χ1n) is 7.90. The quantitative estimate of drug-likeness (QED) is 0.609. The number of nitrogens with one attached hydrogen (secondary N) is 2. The lowest BCUT2D eigenvalue weighted by molar-refractivity contribution is -0.119. The molecular weight excluding hydrogens is 322 g/mol. The number of nitrogens with zero attached hydrogens (tertiary/aromatic N) is 1.